The molecule has 2 aromatic rings. The van der Waals surface area contributed by atoms with Crippen LogP contribution in [0.25, 0.3) is 11.0 Å². The van der Waals surface area contributed by atoms with Gasteiger partial charge in [-0.15, -0.1) is 0 Å². The molecular weight excluding hydrogens is 178 g/mol. The first kappa shape index (κ1) is 8.79. The Morgan fingerprint density at radius 1 is 1.50 bits per heavy atom. The van der Waals surface area contributed by atoms with E-state index in [1.165, 1.54) is 0 Å². The molecule has 2 heterocycles. The second-order valence-electron chi connectivity index (χ2n) is 2.94. The van der Waals surface area contributed by atoms with Gasteiger partial charge in [0.05, 0.1) is 11.6 Å². The fourth-order valence-corrected chi connectivity index (χ4v) is 1.17. The van der Waals surface area contributed by atoms with Gasteiger partial charge in [0.15, 0.2) is 0 Å². The average Bonchev–Trinajstić information content (AvgIpc) is 2.62. The Kier molecular flexibility index (Phi) is 2.21. The molecule has 1 atom stereocenters. The average molecular weight is 187 g/mol. The quantitative estimate of drug-likeness (QED) is 0.636. The Bertz CT molecular complexity index is 502. The van der Waals surface area contributed by atoms with E-state index >= 15 is 0 Å². The van der Waals surface area contributed by atoms with Crippen LogP contribution in [-0.2, 0) is 0 Å². The highest BCUT2D eigenvalue weighted by atomic mass is 16.3. The third kappa shape index (κ3) is 1.61. The lowest BCUT2D eigenvalue weighted by Gasteiger charge is -1.92. The van der Waals surface area contributed by atoms with Gasteiger partial charge in [0.1, 0.15) is 17.4 Å². The predicted octanol–water partition coefficient (Wildman–Crippen LogP) is 1.56. The van der Waals surface area contributed by atoms with Gasteiger partial charge in [0, 0.05) is 6.20 Å². The molecule has 70 valence electrons. The van der Waals surface area contributed by atoms with Crippen molar-refractivity contribution < 1.29 is 9.52 Å². The maximum Gasteiger partial charge on any atom is 0.138 e. The van der Waals surface area contributed by atoms with E-state index in [4.69, 9.17) is 9.52 Å². The van der Waals surface area contributed by atoms with Gasteiger partial charge in [-0.1, -0.05) is 5.92 Å². The van der Waals surface area contributed by atoms with Crippen LogP contribution in [0.15, 0.2) is 29.0 Å². The van der Waals surface area contributed by atoms with Crippen molar-refractivity contribution in [2.24, 2.45) is 0 Å². The summed E-state index contributed by atoms with van der Waals surface area (Å²) in [5.74, 6) is 5.45. The second-order valence-corrected chi connectivity index (χ2v) is 2.94. The number of nitrogens with zero attached hydrogens (tertiary/aromatic N) is 1. The van der Waals surface area contributed by atoms with Gasteiger partial charge in [0.25, 0.3) is 0 Å². The van der Waals surface area contributed by atoms with Crippen molar-refractivity contribution in [2.45, 2.75) is 13.0 Å². The monoisotopic (exact) mass is 187 g/mol. The van der Waals surface area contributed by atoms with E-state index in [0.717, 1.165) is 11.0 Å². The lowest BCUT2D eigenvalue weighted by atomic mass is 10.2. The van der Waals surface area contributed by atoms with Crippen LogP contribution in [0.2, 0.25) is 0 Å². The van der Waals surface area contributed by atoms with E-state index in [0.29, 0.717) is 5.69 Å². The SMILES string of the molecule is C[C@@H](O)C#Cc1nccc2occc12. The zero-order valence-corrected chi connectivity index (χ0v) is 7.69. The number of pyridine rings is 1. The van der Waals surface area contributed by atoms with Crippen LogP contribution >= 0.6 is 0 Å². The Hall–Kier alpha value is -1.79. The summed E-state index contributed by atoms with van der Waals surface area (Å²) < 4.78 is 5.20. The standard InChI is InChI=1S/C11H9NO2/c1-8(13)2-3-10-9-5-7-14-11(9)4-6-12-10/h4-8,13H,1H3/t8-/m1/s1. The van der Waals surface area contributed by atoms with E-state index in [1.807, 2.05) is 6.07 Å². The minimum Gasteiger partial charge on any atom is -0.464 e. The van der Waals surface area contributed by atoms with Crippen LogP contribution < -0.4 is 0 Å². The van der Waals surface area contributed by atoms with Gasteiger partial charge >= 0.3 is 0 Å². The molecule has 2 aromatic heterocycles. The van der Waals surface area contributed by atoms with E-state index in [-0.39, 0.29) is 0 Å². The van der Waals surface area contributed by atoms with Gasteiger partial charge < -0.3 is 9.52 Å². The molecule has 1 N–H and O–H groups in total. The summed E-state index contributed by atoms with van der Waals surface area (Å²) in [6.45, 7) is 1.61. The molecule has 0 saturated carbocycles. The lowest BCUT2D eigenvalue weighted by Crippen LogP contribution is -1.93. The Labute approximate surface area is 81.4 Å². The highest BCUT2D eigenvalue weighted by Gasteiger charge is 2.01. The molecule has 3 heteroatoms. The van der Waals surface area contributed by atoms with E-state index < -0.39 is 6.10 Å². The molecule has 0 amide bonds. The Balaban J connectivity index is 2.53. The van der Waals surface area contributed by atoms with E-state index in [1.54, 1.807) is 25.5 Å². The van der Waals surface area contributed by atoms with Gasteiger partial charge in [-0.3, -0.25) is 0 Å². The van der Waals surface area contributed by atoms with Crippen LogP contribution in [0.4, 0.5) is 0 Å². The predicted molar refractivity (Wildman–Crippen MR) is 52.6 cm³/mol. The van der Waals surface area contributed by atoms with Crippen LogP contribution in [0.5, 0.6) is 0 Å². The molecule has 0 spiro atoms. The van der Waals surface area contributed by atoms with Crippen LogP contribution in [0, 0.1) is 11.8 Å². The maximum atomic E-state index is 9.01. The first-order valence-corrected chi connectivity index (χ1v) is 4.29. The van der Waals surface area contributed by atoms with Gasteiger partial charge in [0.2, 0.25) is 0 Å². The zero-order valence-electron chi connectivity index (χ0n) is 7.69. The number of hydrogen-bond donors (Lipinski definition) is 1. The fraction of sp³-hybridized carbons (Fsp3) is 0.182. The number of aliphatic hydroxyl groups is 1. The number of hydrogen-bond acceptors (Lipinski definition) is 3. The van der Waals surface area contributed by atoms with Crippen molar-refractivity contribution >= 4 is 11.0 Å². The normalized spacial score (nSPS) is 12.1. The number of rotatable bonds is 0. The third-order valence-electron chi connectivity index (χ3n) is 1.78. The molecule has 0 aliphatic rings. The molecular formula is C11H9NO2. The van der Waals surface area contributed by atoms with Crippen molar-refractivity contribution in [3.8, 4) is 11.8 Å². The molecule has 0 saturated heterocycles. The van der Waals surface area contributed by atoms with E-state index in [9.17, 15) is 0 Å². The molecule has 0 fully saturated rings. The second kappa shape index (κ2) is 3.52. The molecule has 0 aromatic carbocycles. The molecule has 2 rings (SSSR count). The number of furan rings is 1. The molecule has 0 aliphatic heterocycles. The summed E-state index contributed by atoms with van der Waals surface area (Å²) in [7, 11) is 0. The summed E-state index contributed by atoms with van der Waals surface area (Å²) >= 11 is 0. The summed E-state index contributed by atoms with van der Waals surface area (Å²) in [6, 6.07) is 3.59. The van der Waals surface area contributed by atoms with Crippen molar-refractivity contribution in [1.29, 1.82) is 0 Å². The minimum atomic E-state index is -0.640. The third-order valence-corrected chi connectivity index (χ3v) is 1.78. The van der Waals surface area contributed by atoms with Crippen molar-refractivity contribution in [3.05, 3.63) is 30.3 Å². The molecule has 14 heavy (non-hydrogen) atoms. The molecule has 3 nitrogen and oxygen atoms in total. The molecule has 0 bridgehead atoms. The zero-order chi connectivity index (χ0) is 9.97. The first-order valence-electron chi connectivity index (χ1n) is 4.29. The highest BCUT2D eigenvalue weighted by molar-refractivity contribution is 5.81. The van der Waals surface area contributed by atoms with Crippen molar-refractivity contribution in [2.75, 3.05) is 0 Å². The highest BCUT2D eigenvalue weighted by Crippen LogP contribution is 2.16. The lowest BCUT2D eigenvalue weighted by molar-refractivity contribution is 0.253. The van der Waals surface area contributed by atoms with Crippen molar-refractivity contribution in [1.82, 2.24) is 4.98 Å². The van der Waals surface area contributed by atoms with Crippen LogP contribution in [0.3, 0.4) is 0 Å². The Morgan fingerprint density at radius 2 is 2.36 bits per heavy atom. The maximum absolute atomic E-state index is 9.01. The smallest absolute Gasteiger partial charge is 0.138 e. The first-order chi connectivity index (χ1) is 6.77. The number of aromatic nitrogens is 1. The summed E-state index contributed by atoms with van der Waals surface area (Å²) in [5, 5.41) is 9.89. The summed E-state index contributed by atoms with van der Waals surface area (Å²) in [4.78, 5) is 4.11. The summed E-state index contributed by atoms with van der Waals surface area (Å²) in [6.07, 6.45) is 2.59. The Morgan fingerprint density at radius 3 is 3.14 bits per heavy atom. The molecule has 0 unspecified atom stereocenters. The fourth-order valence-electron chi connectivity index (χ4n) is 1.17. The largest absolute Gasteiger partial charge is 0.464 e. The molecule has 0 radical (unpaired) electrons. The number of aliphatic hydroxyl groups excluding tert-OH is 1. The van der Waals surface area contributed by atoms with Crippen LogP contribution in [0.1, 0.15) is 12.6 Å². The van der Waals surface area contributed by atoms with Gasteiger partial charge in [-0.2, -0.15) is 0 Å². The van der Waals surface area contributed by atoms with Crippen LogP contribution in [-0.4, -0.2) is 16.2 Å². The number of fused-ring (bicyclic) bond motifs is 1. The topological polar surface area (TPSA) is 46.3 Å². The molecule has 0 aliphatic carbocycles. The van der Waals surface area contributed by atoms with Gasteiger partial charge in [-0.05, 0) is 25.0 Å². The summed E-state index contributed by atoms with van der Waals surface area (Å²) in [5.41, 5.74) is 1.40. The van der Waals surface area contributed by atoms with Crippen molar-refractivity contribution in [3.63, 3.8) is 0 Å². The van der Waals surface area contributed by atoms with E-state index in [2.05, 4.69) is 16.8 Å². The van der Waals surface area contributed by atoms with Gasteiger partial charge in [-0.25, -0.2) is 4.98 Å². The minimum absolute atomic E-state index is 0.636.